The quantitative estimate of drug-likeness (QED) is 0.109. The molecular weight excluding hydrogens is 435 g/mol. The lowest BCUT2D eigenvalue weighted by Gasteiger charge is -2.31. The fraction of sp³-hybridized carbons (Fsp3) is 0.870. The lowest BCUT2D eigenvalue weighted by molar-refractivity contribution is -0.165. The summed E-state index contributed by atoms with van der Waals surface area (Å²) in [7, 11) is 0. The summed E-state index contributed by atoms with van der Waals surface area (Å²) < 4.78 is 15.8. The molecule has 2 N–H and O–H groups in total. The van der Waals surface area contributed by atoms with Crippen LogP contribution in [0.4, 0.5) is 0 Å². The highest BCUT2D eigenvalue weighted by Crippen LogP contribution is 2.40. The first kappa shape index (κ1) is 28.7. The third-order valence-corrected chi connectivity index (χ3v) is 6.25. The molecule has 1 rings (SSSR count). The fourth-order valence-electron chi connectivity index (χ4n) is 3.67. The zero-order valence-corrected chi connectivity index (χ0v) is 20.9. The molecule has 0 aromatic carbocycles. The largest absolute Gasteiger partial charge is 0.457 e. The van der Waals surface area contributed by atoms with Gasteiger partial charge < -0.3 is 23.8 Å². The molecule has 0 spiro atoms. The minimum atomic E-state index is -3.79. The average molecular weight is 479 g/mol. The van der Waals surface area contributed by atoms with Crippen molar-refractivity contribution in [3.8, 4) is 0 Å². The second-order valence-corrected chi connectivity index (χ2v) is 11.0. The number of hydrogen-bond donors (Lipinski definition) is 2. The van der Waals surface area contributed by atoms with Crippen molar-refractivity contribution in [3.05, 3.63) is 12.2 Å². The molecule has 6 nitrogen and oxygen atoms in total. The molecule has 0 amide bonds. The third-order valence-electron chi connectivity index (χ3n) is 5.44. The Bertz CT molecular complexity index is 536. The monoisotopic (exact) mass is 478 g/mol. The van der Waals surface area contributed by atoms with E-state index in [0.717, 1.165) is 25.7 Å². The van der Waals surface area contributed by atoms with Gasteiger partial charge in [0.25, 0.3) is 0 Å². The van der Waals surface area contributed by atoms with E-state index in [1.165, 1.54) is 57.8 Å². The van der Waals surface area contributed by atoms with Crippen LogP contribution in [0.3, 0.4) is 0 Å². The van der Waals surface area contributed by atoms with E-state index in [-0.39, 0.29) is 12.6 Å². The summed E-state index contributed by atoms with van der Waals surface area (Å²) in [6, 6.07) is 0. The SMILES string of the molecule is CCCCCCCCC=CCCCCCCCC(=O)OC1COCCC1OP(O)(O)=S. The Labute approximate surface area is 194 Å². The molecule has 8 heteroatoms. The molecule has 0 bridgehead atoms. The van der Waals surface area contributed by atoms with Crippen molar-refractivity contribution < 1.29 is 28.6 Å². The van der Waals surface area contributed by atoms with Crippen molar-refractivity contribution in [2.75, 3.05) is 13.2 Å². The molecule has 0 aromatic rings. The average Bonchev–Trinajstić information content (AvgIpc) is 2.71. The van der Waals surface area contributed by atoms with Gasteiger partial charge in [-0.25, -0.2) is 0 Å². The highest BCUT2D eigenvalue weighted by Gasteiger charge is 2.33. The van der Waals surface area contributed by atoms with E-state index in [4.69, 9.17) is 14.0 Å². The minimum absolute atomic E-state index is 0.193. The van der Waals surface area contributed by atoms with E-state index in [1.54, 1.807) is 0 Å². The Balaban J connectivity index is 1.98. The van der Waals surface area contributed by atoms with Gasteiger partial charge >= 0.3 is 12.7 Å². The molecule has 1 heterocycles. The van der Waals surface area contributed by atoms with Crippen molar-refractivity contribution in [2.24, 2.45) is 0 Å². The molecule has 0 aromatic heterocycles. The normalized spacial score (nSPS) is 19.7. The highest BCUT2D eigenvalue weighted by atomic mass is 32.5. The summed E-state index contributed by atoms with van der Waals surface area (Å²) in [5, 5.41) is 0. The molecule has 0 saturated carbocycles. The molecule has 2 unspecified atom stereocenters. The molecule has 31 heavy (non-hydrogen) atoms. The standard InChI is InChI=1S/C23H43O6PS/c1-2-3-4-5-6-7-8-9-10-11-12-13-14-15-16-17-23(24)28-22-20-27-19-18-21(22)29-30(25,26)31/h9-10,21-22H,2-8,11-20H2,1H3,(H2,25,26,31). The molecule has 2 atom stereocenters. The number of allylic oxidation sites excluding steroid dienone is 2. The van der Waals surface area contributed by atoms with Crippen LogP contribution in [0, 0.1) is 0 Å². The summed E-state index contributed by atoms with van der Waals surface area (Å²) in [6.07, 6.45) is 19.9. The molecule has 1 aliphatic heterocycles. The summed E-state index contributed by atoms with van der Waals surface area (Å²) >= 11 is 4.52. The summed E-state index contributed by atoms with van der Waals surface area (Å²) in [5.41, 5.74) is 0. The lowest BCUT2D eigenvalue weighted by atomic mass is 10.1. The van der Waals surface area contributed by atoms with Crippen molar-refractivity contribution in [1.82, 2.24) is 0 Å². The number of rotatable bonds is 18. The van der Waals surface area contributed by atoms with Crippen molar-refractivity contribution in [2.45, 2.75) is 115 Å². The van der Waals surface area contributed by atoms with E-state index >= 15 is 0 Å². The van der Waals surface area contributed by atoms with Gasteiger partial charge in [-0.2, -0.15) is 0 Å². The molecule has 182 valence electrons. The zero-order valence-electron chi connectivity index (χ0n) is 19.2. The maximum atomic E-state index is 12.1. The fourth-order valence-corrected chi connectivity index (χ4v) is 4.59. The second kappa shape index (κ2) is 18.2. The first-order valence-electron chi connectivity index (χ1n) is 12.1. The van der Waals surface area contributed by atoms with Crippen LogP contribution in [0.2, 0.25) is 0 Å². The molecule has 0 aliphatic carbocycles. The number of esters is 1. The minimum Gasteiger partial charge on any atom is -0.457 e. The van der Waals surface area contributed by atoms with Crippen LogP contribution in [0.25, 0.3) is 0 Å². The lowest BCUT2D eigenvalue weighted by Crippen LogP contribution is -2.41. The van der Waals surface area contributed by atoms with Crippen LogP contribution in [0.15, 0.2) is 12.2 Å². The molecular formula is C23H43O6PS. The van der Waals surface area contributed by atoms with E-state index in [9.17, 15) is 14.6 Å². The van der Waals surface area contributed by atoms with Gasteiger partial charge in [-0.1, -0.05) is 70.4 Å². The maximum Gasteiger partial charge on any atom is 0.322 e. The van der Waals surface area contributed by atoms with Crippen molar-refractivity contribution in [3.63, 3.8) is 0 Å². The number of hydrogen-bond acceptors (Lipinski definition) is 5. The van der Waals surface area contributed by atoms with Crippen LogP contribution in [-0.4, -0.2) is 41.2 Å². The van der Waals surface area contributed by atoms with Crippen molar-refractivity contribution in [1.29, 1.82) is 0 Å². The van der Waals surface area contributed by atoms with Crippen LogP contribution < -0.4 is 0 Å². The first-order chi connectivity index (χ1) is 14.9. The van der Waals surface area contributed by atoms with E-state index in [1.807, 2.05) is 0 Å². The van der Waals surface area contributed by atoms with Crippen LogP contribution in [0.1, 0.15) is 103 Å². The Morgan fingerprint density at radius 2 is 1.55 bits per heavy atom. The molecule has 0 radical (unpaired) electrons. The first-order valence-corrected chi connectivity index (χ1v) is 14.7. The maximum absolute atomic E-state index is 12.1. The summed E-state index contributed by atoms with van der Waals surface area (Å²) in [4.78, 5) is 30.8. The third kappa shape index (κ3) is 16.9. The Hall–Kier alpha value is -0.300. The summed E-state index contributed by atoms with van der Waals surface area (Å²) in [6.45, 7) is -0.924. The van der Waals surface area contributed by atoms with Gasteiger partial charge in [-0.15, -0.1) is 0 Å². The van der Waals surface area contributed by atoms with Crippen LogP contribution >= 0.6 is 6.72 Å². The molecule has 1 saturated heterocycles. The number of carbonyl (C=O) groups is 1. The number of carbonyl (C=O) groups excluding carboxylic acids is 1. The predicted molar refractivity (Wildman–Crippen MR) is 128 cm³/mol. The van der Waals surface area contributed by atoms with Crippen LogP contribution in [0.5, 0.6) is 0 Å². The Morgan fingerprint density at radius 1 is 0.968 bits per heavy atom. The van der Waals surface area contributed by atoms with Gasteiger partial charge in [0.1, 0.15) is 6.10 Å². The van der Waals surface area contributed by atoms with Gasteiger partial charge in [0, 0.05) is 19.4 Å². The molecule has 1 fully saturated rings. The van der Waals surface area contributed by atoms with Gasteiger partial charge in [-0.3, -0.25) is 4.79 Å². The van der Waals surface area contributed by atoms with Gasteiger partial charge in [0.2, 0.25) is 0 Å². The van der Waals surface area contributed by atoms with E-state index in [0.29, 0.717) is 19.4 Å². The van der Waals surface area contributed by atoms with Gasteiger partial charge in [0.15, 0.2) is 6.10 Å². The zero-order chi connectivity index (χ0) is 22.8. The molecule has 1 aliphatic rings. The Kier molecular flexibility index (Phi) is 16.8. The number of ether oxygens (including phenoxy) is 2. The van der Waals surface area contributed by atoms with Crippen LogP contribution in [-0.2, 0) is 30.6 Å². The van der Waals surface area contributed by atoms with E-state index in [2.05, 4.69) is 30.9 Å². The summed E-state index contributed by atoms with van der Waals surface area (Å²) in [5.74, 6) is -0.300. The van der Waals surface area contributed by atoms with Gasteiger partial charge in [-0.05, 0) is 43.9 Å². The van der Waals surface area contributed by atoms with Gasteiger partial charge in [0.05, 0.1) is 6.61 Å². The number of unbranched alkanes of at least 4 members (excludes halogenated alkanes) is 11. The Morgan fingerprint density at radius 3 is 2.16 bits per heavy atom. The highest BCUT2D eigenvalue weighted by molar-refractivity contribution is 8.06. The second-order valence-electron chi connectivity index (χ2n) is 8.36. The van der Waals surface area contributed by atoms with Crippen molar-refractivity contribution >= 4 is 24.5 Å². The topological polar surface area (TPSA) is 85.2 Å². The van der Waals surface area contributed by atoms with E-state index < -0.39 is 18.9 Å². The smallest absolute Gasteiger partial charge is 0.322 e. The predicted octanol–water partition coefficient (Wildman–Crippen LogP) is 5.95.